The van der Waals surface area contributed by atoms with Crippen molar-refractivity contribution in [1.82, 2.24) is 0 Å². The van der Waals surface area contributed by atoms with E-state index >= 15 is 0 Å². The van der Waals surface area contributed by atoms with E-state index in [-0.39, 0.29) is 60.0 Å². The Bertz CT molecular complexity index is 2210. The van der Waals surface area contributed by atoms with Crippen LogP contribution in [0.1, 0.15) is 77.6 Å². The van der Waals surface area contributed by atoms with E-state index in [0.717, 1.165) is 0 Å². The van der Waals surface area contributed by atoms with E-state index in [0.29, 0.717) is 0 Å². The zero-order chi connectivity index (χ0) is 47.3. The average molecular weight is 1140 g/mol. The Morgan fingerprint density at radius 3 is 0.621 bits per heavy atom. The fraction of sp³-hybridized carbons (Fsp3) is 0.345. The predicted molar refractivity (Wildman–Crippen MR) is 297 cm³/mol. The molecule has 0 amide bonds. The van der Waals surface area contributed by atoms with E-state index in [1.165, 1.54) is 162 Å². The Balaban J connectivity index is 0.000000424. The van der Waals surface area contributed by atoms with Crippen molar-refractivity contribution in [2.24, 2.45) is 0 Å². The van der Waals surface area contributed by atoms with Crippen LogP contribution in [0, 0.1) is 27.7 Å². The second kappa shape index (κ2) is 33.0. The van der Waals surface area contributed by atoms with E-state index in [4.69, 9.17) is 0 Å². The van der Waals surface area contributed by atoms with E-state index < -0.39 is 0 Å². The van der Waals surface area contributed by atoms with E-state index in [2.05, 4.69) is 213 Å². The Hall–Kier alpha value is -1.73. The molecule has 8 aromatic rings. The van der Waals surface area contributed by atoms with Crippen LogP contribution in [0.15, 0.2) is 121 Å². The molecule has 0 unspecified atom stereocenters. The normalized spacial score (nSPS) is 10.6. The third-order valence-electron chi connectivity index (χ3n) is 12.8. The van der Waals surface area contributed by atoms with Gasteiger partial charge in [0.15, 0.2) is 0 Å². The third kappa shape index (κ3) is 15.6. The molecule has 0 heterocycles. The quantitative estimate of drug-likeness (QED) is 0.0854. The van der Waals surface area contributed by atoms with E-state index in [9.17, 15) is 0 Å². The van der Waals surface area contributed by atoms with Gasteiger partial charge in [0.2, 0.25) is 0 Å². The standard InChI is InChI=1S/4C14H18Si.2CH2.2ClH.2Zr/c4*1-4-15(5-2)14-11(3)10-12-8-6-7-9-13(12)14;;;;;;/h4*6-10H,4-5H2,1-3H3;2*1H2;2*1H;;/q4*-1;;;;;2*+2/p-2. The van der Waals surface area contributed by atoms with Gasteiger partial charge in [-0.1, -0.05) is 156 Å². The SMILES string of the molecule is CC[Si](CC)c1c(C)[cH-]c2ccccc12.CC[Si](CC)c1c(C)[cH-]c2ccccc12.CC[Si](CC)c1c(C)[cH-]c2ccccc12.CC[Si](CC)c1c(C)[cH-]c2ccccc12.[CH2]=[Zr+2].[CH2]=[Zr+2].[Cl-].[Cl-]. The summed E-state index contributed by atoms with van der Waals surface area (Å²) in [4.78, 5) is 0. The maximum Gasteiger partial charge on any atom is -1.00 e. The second-order valence-corrected chi connectivity index (χ2v) is 28.9. The largest absolute Gasteiger partial charge is 1.00 e. The Labute approximate surface area is 451 Å². The summed E-state index contributed by atoms with van der Waals surface area (Å²) >= 11 is 2.60. The maximum absolute atomic E-state index is 3.34. The zero-order valence-corrected chi connectivity index (χ0v) is 52.8. The van der Waals surface area contributed by atoms with Gasteiger partial charge in [-0.3, -0.25) is 0 Å². The number of rotatable bonds is 12. The summed E-state index contributed by atoms with van der Waals surface area (Å²) in [5.74, 6) is 0. The van der Waals surface area contributed by atoms with Crippen molar-refractivity contribution >= 4 is 107 Å². The van der Waals surface area contributed by atoms with Gasteiger partial charge in [0.05, 0.1) is 0 Å². The van der Waals surface area contributed by atoms with Crippen molar-refractivity contribution < 1.29 is 73.3 Å². The van der Waals surface area contributed by atoms with E-state index in [1.807, 2.05) is 0 Å². The van der Waals surface area contributed by atoms with Crippen molar-refractivity contribution in [3.05, 3.63) is 144 Å². The van der Waals surface area contributed by atoms with Crippen LogP contribution < -0.4 is 45.6 Å². The van der Waals surface area contributed by atoms with Crippen molar-refractivity contribution in [2.45, 2.75) is 131 Å². The monoisotopic (exact) mass is 1130 g/mol. The van der Waals surface area contributed by atoms with Gasteiger partial charge in [-0.25, -0.2) is 0 Å². The molecule has 348 valence electrons. The first-order valence-corrected chi connectivity index (χ1v) is 34.9. The maximum atomic E-state index is 3.34. The fourth-order valence-corrected chi connectivity index (χ4v) is 19.5. The number of hydrogen-bond acceptors (Lipinski definition) is 0. The molecule has 8 heteroatoms. The minimum absolute atomic E-state index is 0. The molecule has 0 aliphatic heterocycles. The van der Waals surface area contributed by atoms with Gasteiger partial charge in [-0.05, 0) is 0 Å². The van der Waals surface area contributed by atoms with Gasteiger partial charge in [0.1, 0.15) is 0 Å². The van der Waals surface area contributed by atoms with Gasteiger partial charge < -0.3 is 24.8 Å². The topological polar surface area (TPSA) is 0 Å². The Morgan fingerprint density at radius 1 is 0.318 bits per heavy atom. The van der Waals surface area contributed by atoms with Gasteiger partial charge >= 0.3 is 56.9 Å². The summed E-state index contributed by atoms with van der Waals surface area (Å²) in [6, 6.07) is 55.4. The summed E-state index contributed by atoms with van der Waals surface area (Å²) in [5, 5.41) is 18.5. The Morgan fingerprint density at radius 2 is 0.470 bits per heavy atom. The van der Waals surface area contributed by atoms with Crippen LogP contribution in [0.5, 0.6) is 0 Å². The predicted octanol–water partition coefficient (Wildman–Crippen LogP) is 8.37. The molecule has 0 N–H and O–H groups in total. The van der Waals surface area contributed by atoms with Gasteiger partial charge in [-0.15, -0.1) is 162 Å². The molecule has 8 rings (SSSR count). The molecule has 0 atom stereocenters. The minimum Gasteiger partial charge on any atom is -1.00 e. The van der Waals surface area contributed by atoms with Crippen LogP contribution in [0.2, 0.25) is 48.4 Å². The molecule has 0 nitrogen and oxygen atoms in total. The molecule has 0 saturated heterocycles. The molecule has 0 fully saturated rings. The van der Waals surface area contributed by atoms with Crippen LogP contribution in [0.3, 0.4) is 0 Å². The molecule has 0 aliphatic rings. The number of hydrogen-bond donors (Lipinski definition) is 0. The molecule has 0 saturated carbocycles. The summed E-state index contributed by atoms with van der Waals surface area (Å²) in [6.07, 6.45) is 0. The van der Waals surface area contributed by atoms with Crippen LogP contribution in [0.25, 0.3) is 43.1 Å². The number of fused-ring (bicyclic) bond motifs is 4. The molecule has 66 heavy (non-hydrogen) atoms. The number of halogens is 2. The molecule has 8 aromatic carbocycles. The van der Waals surface area contributed by atoms with Crippen LogP contribution in [-0.2, 0) is 48.5 Å². The third-order valence-corrected chi connectivity index (χ3v) is 25.1. The first-order valence-electron chi connectivity index (χ1n) is 23.8. The first kappa shape index (κ1) is 62.3. The smallest absolute Gasteiger partial charge is 1.00 e. The molecule has 0 aliphatic carbocycles. The van der Waals surface area contributed by atoms with Crippen LogP contribution in [0.4, 0.5) is 0 Å². The van der Waals surface area contributed by atoms with Gasteiger partial charge in [0.25, 0.3) is 0 Å². The minimum atomic E-state index is -0.313. The molecule has 0 spiro atoms. The second-order valence-electron chi connectivity index (χ2n) is 16.4. The van der Waals surface area contributed by atoms with Crippen LogP contribution >= 0.6 is 0 Å². The van der Waals surface area contributed by atoms with Crippen LogP contribution in [-0.4, -0.2) is 43.6 Å². The molecule has 0 aromatic heterocycles. The zero-order valence-electron chi connectivity index (χ0n) is 42.4. The summed E-state index contributed by atoms with van der Waals surface area (Å²) < 4.78 is 6.68. The van der Waals surface area contributed by atoms with E-state index in [1.54, 1.807) is 20.7 Å². The number of aryl methyl sites for hydroxylation is 4. The van der Waals surface area contributed by atoms with Crippen molar-refractivity contribution in [1.29, 1.82) is 0 Å². The van der Waals surface area contributed by atoms with Gasteiger partial charge in [0, 0.05) is 35.2 Å². The molecule has 4 radical (unpaired) electrons. The molecular formula is C58H76Cl2Si4Zr2-2. The fourth-order valence-electron chi connectivity index (χ4n) is 9.76. The first-order chi connectivity index (χ1) is 31.1. The summed E-state index contributed by atoms with van der Waals surface area (Å²) in [5.41, 5.74) is 6.03. The molecular weight excluding hydrogens is 1060 g/mol. The Kier molecular flexibility index (Phi) is 31.1. The summed E-state index contributed by atoms with van der Waals surface area (Å²) in [6.45, 7) is 27.7. The van der Waals surface area contributed by atoms with Crippen molar-refractivity contribution in [3.8, 4) is 0 Å². The molecule has 0 bridgehead atoms. The summed E-state index contributed by atoms with van der Waals surface area (Å²) in [7, 11) is -1.25. The average Bonchev–Trinajstić information content (AvgIpc) is 4.06. The van der Waals surface area contributed by atoms with Crippen molar-refractivity contribution in [2.75, 3.05) is 0 Å². The van der Waals surface area contributed by atoms with Gasteiger partial charge in [-0.2, -0.15) is 20.7 Å². The van der Waals surface area contributed by atoms with Crippen molar-refractivity contribution in [3.63, 3.8) is 0 Å². The number of benzene rings is 4.